The average Bonchev–Trinajstić information content (AvgIpc) is 3.66. The molecule has 3 aliphatic rings. The molecular formula is C41H28B8N2. The van der Waals surface area contributed by atoms with Crippen LogP contribution in [-0.2, 0) is 5.41 Å². The normalized spacial score (nSPS) is 23.9. The van der Waals surface area contributed by atoms with Crippen LogP contribution >= 0.6 is 0 Å². The van der Waals surface area contributed by atoms with Crippen LogP contribution in [0.3, 0.4) is 0 Å². The minimum Gasteiger partial charge on any atom is -0.311 e. The van der Waals surface area contributed by atoms with Gasteiger partial charge in [0.25, 0.3) is 0 Å². The second-order valence-corrected chi connectivity index (χ2v) is 15.7. The topological polar surface area (TPSA) is 9.86 Å². The lowest BCUT2D eigenvalue weighted by molar-refractivity contribution is 0.0401. The Hall–Kier alpha value is -3.78. The van der Waals surface area contributed by atoms with Gasteiger partial charge in [0.2, 0.25) is 0 Å². The molecular weight excluding hydrogens is 607 g/mol. The monoisotopic (exact) mass is 636 g/mol. The van der Waals surface area contributed by atoms with Crippen LogP contribution in [-0.4, -0.2) is 71.9 Å². The number of rotatable bonds is 1. The highest BCUT2D eigenvalue weighted by atomic mass is 15.0. The van der Waals surface area contributed by atoms with Crippen molar-refractivity contribution in [1.29, 1.82) is 0 Å². The van der Waals surface area contributed by atoms with Gasteiger partial charge in [-0.15, -0.1) is 21.9 Å². The van der Waals surface area contributed by atoms with Crippen molar-refractivity contribution < 1.29 is 0 Å². The first-order chi connectivity index (χ1) is 24.5. The first kappa shape index (κ1) is 31.9. The van der Waals surface area contributed by atoms with Gasteiger partial charge < -0.3 is 9.13 Å². The van der Waals surface area contributed by atoms with Crippen molar-refractivity contribution in [2.75, 3.05) is 0 Å². The van der Waals surface area contributed by atoms with Gasteiger partial charge in [0, 0.05) is 32.9 Å². The predicted octanol–water partition coefficient (Wildman–Crippen LogP) is 0.923. The fourth-order valence-electron chi connectivity index (χ4n) is 11.3. The van der Waals surface area contributed by atoms with Crippen LogP contribution in [0.15, 0.2) is 60.7 Å². The molecule has 2 aromatic heterocycles. The maximum Gasteiger partial charge on any atom is 0.115 e. The smallest absolute Gasteiger partial charge is 0.115 e. The fourth-order valence-corrected chi connectivity index (χ4v) is 11.3. The maximum absolute atomic E-state index is 6.79. The minimum atomic E-state index is -0.0613. The standard InChI is InChI=1S/C41H28B8N2/c1-17-12-19-14-18(2)41(20(13-17)15-19)24-7-3-4-9-27(24)51-26-11-10-21(16-23(26)22-6-5-8-25(41)38(22)51)50-39-28(30(42)32(44)34(46)36(39)48)29-31(43)33(45)35(47)37(49)40(29)50/h3-11,16-20H,12-15H2,1-2H3. The molecule has 5 unspecified atom stereocenters. The fraction of sp³-hybridized carbons (Fsp3) is 0.268. The second-order valence-electron chi connectivity index (χ2n) is 15.7. The highest BCUT2D eigenvalue weighted by Crippen LogP contribution is 2.62. The van der Waals surface area contributed by atoms with E-state index in [1.807, 2.05) is 4.57 Å². The van der Waals surface area contributed by atoms with E-state index in [9.17, 15) is 0 Å². The molecule has 2 aliphatic carbocycles. The number of para-hydroxylation sites is 2. The van der Waals surface area contributed by atoms with E-state index in [0.29, 0.717) is 33.6 Å². The Morgan fingerprint density at radius 1 is 0.549 bits per heavy atom. The minimum absolute atomic E-state index is 0.0613. The SMILES string of the molecule is [B]c1c([B])c([B])c2c(c1[B])c1c([B])c([B])c([B])c([B])c1n2-c1ccc2c(c1)c1cccc3c1n2-c1ccccc1C31C(C)CC2CC(C)CC1C2. The molecule has 0 saturated heterocycles. The van der Waals surface area contributed by atoms with Gasteiger partial charge in [0.1, 0.15) is 62.8 Å². The van der Waals surface area contributed by atoms with Crippen molar-refractivity contribution in [3.63, 3.8) is 0 Å². The van der Waals surface area contributed by atoms with E-state index in [4.69, 9.17) is 62.8 Å². The summed E-state index contributed by atoms with van der Waals surface area (Å²) in [6.45, 7) is 4.96. The van der Waals surface area contributed by atoms with Crippen molar-refractivity contribution in [3.05, 3.63) is 71.8 Å². The zero-order valence-corrected chi connectivity index (χ0v) is 28.9. The van der Waals surface area contributed by atoms with Gasteiger partial charge in [-0.05, 0) is 95.5 Å². The third-order valence-corrected chi connectivity index (χ3v) is 13.2. The van der Waals surface area contributed by atoms with Crippen molar-refractivity contribution in [3.8, 4) is 11.4 Å². The quantitative estimate of drug-likeness (QED) is 0.238. The molecule has 3 heterocycles. The lowest BCUT2D eigenvalue weighted by Crippen LogP contribution is -2.51. The van der Waals surface area contributed by atoms with Gasteiger partial charge >= 0.3 is 0 Å². The summed E-state index contributed by atoms with van der Waals surface area (Å²) >= 11 is 0. The number of aromatic nitrogens is 2. The summed E-state index contributed by atoms with van der Waals surface area (Å²) < 4.78 is 4.44. The zero-order chi connectivity index (χ0) is 35.4. The molecule has 2 saturated carbocycles. The molecule has 2 bridgehead atoms. The van der Waals surface area contributed by atoms with E-state index in [0.717, 1.165) is 28.4 Å². The van der Waals surface area contributed by atoms with E-state index in [1.165, 1.54) is 53.4 Å². The maximum atomic E-state index is 6.79. The average molecular weight is 635 g/mol. The Morgan fingerprint density at radius 3 is 1.86 bits per heavy atom. The first-order valence-electron chi connectivity index (χ1n) is 18.0. The van der Waals surface area contributed by atoms with Crippen LogP contribution in [0.4, 0.5) is 0 Å². The number of hydrogen-bond acceptors (Lipinski definition) is 0. The van der Waals surface area contributed by atoms with E-state index in [-0.39, 0.29) is 49.1 Å². The van der Waals surface area contributed by atoms with Crippen LogP contribution in [0, 0.1) is 23.7 Å². The lowest BCUT2D eigenvalue weighted by Gasteiger charge is -2.57. The van der Waals surface area contributed by atoms with Crippen molar-refractivity contribution >= 4 is 150 Å². The number of benzene rings is 5. The molecule has 51 heavy (non-hydrogen) atoms. The summed E-state index contributed by atoms with van der Waals surface area (Å²) in [5.74, 6) is 2.62. The zero-order valence-electron chi connectivity index (χ0n) is 28.9. The highest BCUT2D eigenvalue weighted by Gasteiger charge is 2.55. The van der Waals surface area contributed by atoms with Crippen LogP contribution in [0.2, 0.25) is 0 Å². The molecule has 2 fully saturated rings. The van der Waals surface area contributed by atoms with E-state index in [1.54, 1.807) is 0 Å². The third-order valence-electron chi connectivity index (χ3n) is 13.2. The third kappa shape index (κ3) is 3.80. The summed E-state index contributed by atoms with van der Waals surface area (Å²) in [7, 11) is 52.7. The molecule has 16 radical (unpaired) electrons. The molecule has 10 rings (SSSR count). The van der Waals surface area contributed by atoms with Crippen LogP contribution < -0.4 is 43.7 Å². The Labute approximate surface area is 309 Å². The molecule has 1 spiro atoms. The molecule has 0 amide bonds. The van der Waals surface area contributed by atoms with Gasteiger partial charge in [0.05, 0.1) is 16.7 Å². The van der Waals surface area contributed by atoms with Gasteiger partial charge in [-0.1, -0.05) is 72.1 Å². The molecule has 1 aliphatic heterocycles. The number of nitrogens with zero attached hydrogens (tertiary/aromatic N) is 2. The van der Waals surface area contributed by atoms with Crippen molar-refractivity contribution in [1.82, 2.24) is 9.13 Å². The molecule has 10 heteroatoms. The van der Waals surface area contributed by atoms with E-state index >= 15 is 0 Å². The Morgan fingerprint density at radius 2 is 1.18 bits per heavy atom. The van der Waals surface area contributed by atoms with Gasteiger partial charge in [0.15, 0.2) is 0 Å². The van der Waals surface area contributed by atoms with Gasteiger partial charge in [-0.25, -0.2) is 0 Å². The lowest BCUT2D eigenvalue weighted by atomic mass is 9.47. The predicted molar refractivity (Wildman–Crippen MR) is 223 cm³/mol. The molecule has 2 nitrogen and oxygen atoms in total. The molecule has 0 N–H and O–H groups in total. The first-order valence-corrected chi connectivity index (χ1v) is 18.0. The Kier molecular flexibility index (Phi) is 6.66. The van der Waals surface area contributed by atoms with Gasteiger partial charge in [-0.2, -0.15) is 0 Å². The van der Waals surface area contributed by atoms with Crippen LogP contribution in [0.1, 0.15) is 50.7 Å². The molecule has 7 aromatic rings. The van der Waals surface area contributed by atoms with Gasteiger partial charge in [-0.3, -0.25) is 0 Å². The van der Waals surface area contributed by atoms with Crippen molar-refractivity contribution in [2.45, 2.75) is 44.9 Å². The Bertz CT molecular complexity index is 2630. The summed E-state index contributed by atoms with van der Waals surface area (Å²) in [4.78, 5) is 0. The largest absolute Gasteiger partial charge is 0.311 e. The molecule has 226 valence electrons. The summed E-state index contributed by atoms with van der Waals surface area (Å²) in [5.41, 5.74) is 10.2. The summed E-state index contributed by atoms with van der Waals surface area (Å²) in [6.07, 6.45) is 5.13. The number of fused-ring (bicyclic) bond motifs is 13. The second kappa shape index (κ2) is 10.6. The summed E-state index contributed by atoms with van der Waals surface area (Å²) in [6, 6.07) is 22.5. The molecule has 5 atom stereocenters. The highest BCUT2D eigenvalue weighted by molar-refractivity contribution is 6.71. The van der Waals surface area contributed by atoms with Crippen molar-refractivity contribution in [2.24, 2.45) is 23.7 Å². The number of hydrogen-bond donors (Lipinski definition) is 0. The van der Waals surface area contributed by atoms with Crippen LogP contribution in [0.5, 0.6) is 0 Å². The summed E-state index contributed by atoms with van der Waals surface area (Å²) in [5, 5.41) is 3.38. The molecule has 5 aromatic carbocycles. The Balaban J connectivity index is 1.33. The van der Waals surface area contributed by atoms with E-state index < -0.39 is 0 Å². The van der Waals surface area contributed by atoms with E-state index in [2.05, 4.69) is 79.1 Å². The van der Waals surface area contributed by atoms with Crippen LogP contribution in [0.25, 0.3) is 55.0 Å².